The van der Waals surface area contributed by atoms with Gasteiger partial charge in [-0.25, -0.2) is 18.7 Å². The molecule has 0 spiro atoms. The van der Waals surface area contributed by atoms with Crippen molar-refractivity contribution in [3.8, 4) is 11.4 Å². The number of hydrogen-bond donors (Lipinski definition) is 0. The zero-order valence-corrected chi connectivity index (χ0v) is 9.70. The molecule has 0 amide bonds. The molecule has 0 saturated heterocycles. The second-order valence-electron chi connectivity index (χ2n) is 3.65. The minimum Gasteiger partial charge on any atom is -0.295 e. The Hall–Kier alpha value is -2.01. The topological polar surface area (TPSA) is 30.2 Å². The fraction of sp³-hybridized carbons (Fsp3) is 0. The van der Waals surface area contributed by atoms with Crippen LogP contribution in [0.2, 0.25) is 5.15 Å². The summed E-state index contributed by atoms with van der Waals surface area (Å²) in [4.78, 5) is 7.88. The first-order chi connectivity index (χ1) is 8.68. The van der Waals surface area contributed by atoms with Crippen molar-refractivity contribution in [2.24, 2.45) is 0 Å². The summed E-state index contributed by atoms with van der Waals surface area (Å²) in [5.74, 6) is -1.18. The van der Waals surface area contributed by atoms with Gasteiger partial charge < -0.3 is 0 Å². The van der Waals surface area contributed by atoms with Crippen LogP contribution >= 0.6 is 11.6 Å². The zero-order chi connectivity index (χ0) is 12.7. The normalized spacial score (nSPS) is 11.1. The van der Waals surface area contributed by atoms with Gasteiger partial charge in [0.25, 0.3) is 0 Å². The zero-order valence-electron chi connectivity index (χ0n) is 8.94. The third-order valence-electron chi connectivity index (χ3n) is 2.60. The van der Waals surface area contributed by atoms with Gasteiger partial charge in [0.2, 0.25) is 0 Å². The molecule has 6 heteroatoms. The smallest absolute Gasteiger partial charge is 0.154 e. The van der Waals surface area contributed by atoms with E-state index in [1.54, 1.807) is 6.20 Å². The Bertz CT molecular complexity index is 719. The summed E-state index contributed by atoms with van der Waals surface area (Å²) in [6.45, 7) is 0. The van der Waals surface area contributed by atoms with Gasteiger partial charge in [-0.05, 0) is 12.1 Å². The minimum absolute atomic E-state index is 0.157. The molecule has 3 nitrogen and oxygen atoms in total. The second-order valence-corrected chi connectivity index (χ2v) is 4.01. The lowest BCUT2D eigenvalue weighted by molar-refractivity contribution is 0.587. The van der Waals surface area contributed by atoms with Crippen molar-refractivity contribution in [2.75, 3.05) is 0 Å². The van der Waals surface area contributed by atoms with Gasteiger partial charge in [-0.3, -0.25) is 4.40 Å². The number of hydrogen-bond acceptors (Lipinski definition) is 2. The Balaban J connectivity index is 2.36. The molecule has 0 fully saturated rings. The third kappa shape index (κ3) is 1.55. The maximum atomic E-state index is 13.7. The first-order valence-electron chi connectivity index (χ1n) is 5.10. The first kappa shape index (κ1) is 11.1. The molecule has 1 aromatic carbocycles. The summed E-state index contributed by atoms with van der Waals surface area (Å²) < 4.78 is 28.9. The molecule has 0 unspecified atom stereocenters. The van der Waals surface area contributed by atoms with Gasteiger partial charge in [0.05, 0.1) is 11.8 Å². The molecule has 0 aliphatic heterocycles. The fourth-order valence-electron chi connectivity index (χ4n) is 1.79. The van der Waals surface area contributed by atoms with Gasteiger partial charge in [-0.15, -0.1) is 0 Å². The van der Waals surface area contributed by atoms with Crippen LogP contribution in [0, 0.1) is 11.6 Å². The molecular weight excluding hydrogens is 260 g/mol. The van der Waals surface area contributed by atoms with E-state index >= 15 is 0 Å². The lowest BCUT2D eigenvalue weighted by Crippen LogP contribution is -1.96. The Morgan fingerprint density at radius 3 is 2.56 bits per heavy atom. The standard InChI is InChI=1S/C12H6ClF2N3/c13-11-9-6-17-12(18(9)5-4-16-11)10-7(14)2-1-3-8(10)15/h1-6H. The Kier molecular flexibility index (Phi) is 2.48. The highest BCUT2D eigenvalue weighted by atomic mass is 35.5. The summed E-state index contributed by atoms with van der Waals surface area (Å²) in [6.07, 6.45) is 4.42. The second kappa shape index (κ2) is 4.03. The van der Waals surface area contributed by atoms with E-state index in [9.17, 15) is 8.78 Å². The lowest BCUT2D eigenvalue weighted by Gasteiger charge is -2.04. The third-order valence-corrected chi connectivity index (χ3v) is 2.89. The van der Waals surface area contributed by atoms with Crippen LogP contribution in [0.3, 0.4) is 0 Å². The number of fused-ring (bicyclic) bond motifs is 1. The van der Waals surface area contributed by atoms with Crippen molar-refractivity contribution in [1.82, 2.24) is 14.4 Å². The van der Waals surface area contributed by atoms with E-state index in [0.717, 1.165) is 0 Å². The van der Waals surface area contributed by atoms with E-state index in [-0.39, 0.29) is 16.5 Å². The molecule has 2 aromatic heterocycles. The Labute approximate surface area is 106 Å². The molecule has 3 rings (SSSR count). The van der Waals surface area contributed by atoms with E-state index < -0.39 is 11.6 Å². The Morgan fingerprint density at radius 1 is 1.11 bits per heavy atom. The number of nitrogens with zero attached hydrogens (tertiary/aromatic N) is 3. The molecule has 0 atom stereocenters. The van der Waals surface area contributed by atoms with Crippen molar-refractivity contribution in [3.63, 3.8) is 0 Å². The van der Waals surface area contributed by atoms with Gasteiger partial charge in [-0.1, -0.05) is 17.7 Å². The SMILES string of the molecule is Fc1cccc(F)c1-c1ncc2c(Cl)nccn12. The number of imidazole rings is 1. The molecule has 0 radical (unpaired) electrons. The van der Waals surface area contributed by atoms with Crippen LogP contribution in [0.5, 0.6) is 0 Å². The highest BCUT2D eigenvalue weighted by Gasteiger charge is 2.16. The summed E-state index contributed by atoms with van der Waals surface area (Å²) >= 11 is 5.88. The van der Waals surface area contributed by atoms with Crippen LogP contribution in [0.1, 0.15) is 0 Å². The lowest BCUT2D eigenvalue weighted by atomic mass is 10.2. The minimum atomic E-state index is -0.671. The largest absolute Gasteiger partial charge is 0.295 e. The summed E-state index contributed by atoms with van der Waals surface area (Å²) in [5, 5.41) is 0.230. The van der Waals surface area contributed by atoms with Crippen molar-refractivity contribution in [1.29, 1.82) is 0 Å². The maximum absolute atomic E-state index is 13.7. The number of rotatable bonds is 1. The van der Waals surface area contributed by atoms with Crippen LogP contribution in [-0.2, 0) is 0 Å². The molecule has 2 heterocycles. The molecule has 0 bridgehead atoms. The predicted octanol–water partition coefficient (Wildman–Crippen LogP) is 3.33. The van der Waals surface area contributed by atoms with E-state index in [4.69, 9.17) is 11.6 Å². The van der Waals surface area contributed by atoms with Gasteiger partial charge >= 0.3 is 0 Å². The van der Waals surface area contributed by atoms with Crippen LogP contribution in [0.4, 0.5) is 8.78 Å². The highest BCUT2D eigenvalue weighted by Crippen LogP contribution is 2.27. The first-order valence-corrected chi connectivity index (χ1v) is 5.48. The molecule has 0 aliphatic carbocycles. The predicted molar refractivity (Wildman–Crippen MR) is 63.3 cm³/mol. The molecule has 18 heavy (non-hydrogen) atoms. The highest BCUT2D eigenvalue weighted by molar-refractivity contribution is 6.32. The molecule has 3 aromatic rings. The number of benzene rings is 1. The molecule has 90 valence electrons. The monoisotopic (exact) mass is 265 g/mol. The van der Waals surface area contributed by atoms with E-state index in [2.05, 4.69) is 9.97 Å². The number of halogens is 3. The van der Waals surface area contributed by atoms with Crippen LogP contribution in [-0.4, -0.2) is 14.4 Å². The molecule has 0 aliphatic rings. The van der Waals surface area contributed by atoms with Gasteiger partial charge in [0.1, 0.15) is 17.2 Å². The quantitative estimate of drug-likeness (QED) is 0.676. The average Bonchev–Trinajstić information content (AvgIpc) is 2.75. The van der Waals surface area contributed by atoms with Crippen molar-refractivity contribution in [2.45, 2.75) is 0 Å². The molecule has 0 saturated carbocycles. The average molecular weight is 266 g/mol. The van der Waals surface area contributed by atoms with Crippen LogP contribution < -0.4 is 0 Å². The van der Waals surface area contributed by atoms with E-state index in [1.165, 1.54) is 35.0 Å². The van der Waals surface area contributed by atoms with Crippen LogP contribution in [0.15, 0.2) is 36.8 Å². The van der Waals surface area contributed by atoms with E-state index in [0.29, 0.717) is 5.52 Å². The summed E-state index contributed by atoms with van der Waals surface area (Å²) in [6, 6.07) is 3.67. The summed E-state index contributed by atoms with van der Waals surface area (Å²) in [5.41, 5.74) is 0.316. The van der Waals surface area contributed by atoms with Crippen molar-refractivity contribution >= 4 is 17.1 Å². The van der Waals surface area contributed by atoms with E-state index in [1.807, 2.05) is 0 Å². The van der Waals surface area contributed by atoms with Crippen LogP contribution in [0.25, 0.3) is 16.9 Å². The molecular formula is C12H6ClF2N3. The number of aromatic nitrogens is 3. The van der Waals surface area contributed by atoms with Crippen molar-refractivity contribution in [3.05, 3.63) is 53.6 Å². The van der Waals surface area contributed by atoms with Gasteiger partial charge in [0.15, 0.2) is 11.0 Å². The van der Waals surface area contributed by atoms with Gasteiger partial charge in [-0.2, -0.15) is 0 Å². The Morgan fingerprint density at radius 2 is 1.83 bits per heavy atom. The van der Waals surface area contributed by atoms with Gasteiger partial charge in [0, 0.05) is 12.4 Å². The summed E-state index contributed by atoms with van der Waals surface area (Å²) in [7, 11) is 0. The fourth-order valence-corrected chi connectivity index (χ4v) is 1.99. The maximum Gasteiger partial charge on any atom is 0.154 e. The van der Waals surface area contributed by atoms with Crippen molar-refractivity contribution < 1.29 is 8.78 Å². The molecule has 0 N–H and O–H groups in total.